The summed E-state index contributed by atoms with van der Waals surface area (Å²) in [5.74, 6) is 2.17. The highest BCUT2D eigenvalue weighted by atomic mass is 16.3. The molecule has 4 rings (SSSR count). The number of ketones is 2. The van der Waals surface area contributed by atoms with Gasteiger partial charge in [0.2, 0.25) is 0 Å². The summed E-state index contributed by atoms with van der Waals surface area (Å²) in [7, 11) is 0. The number of aliphatic hydroxyl groups excluding tert-OH is 1. The van der Waals surface area contributed by atoms with Crippen LogP contribution in [0.4, 0.5) is 0 Å². The summed E-state index contributed by atoms with van der Waals surface area (Å²) in [5.41, 5.74) is 1.03. The Hall–Kier alpha value is -0.960. The molecule has 23 heavy (non-hydrogen) atoms. The number of hydrogen-bond donors (Lipinski definition) is 1. The molecule has 0 aromatic heterocycles. The zero-order valence-corrected chi connectivity index (χ0v) is 14.3. The second-order valence-corrected chi connectivity index (χ2v) is 9.11. The Labute approximate surface area is 138 Å². The maximum atomic E-state index is 12.4. The first-order valence-electron chi connectivity index (χ1n) is 9.19. The molecular formula is C20H28O3. The van der Waals surface area contributed by atoms with Gasteiger partial charge in [0.15, 0.2) is 5.78 Å². The standard InChI is InChI=1S/C20H28O3/c1-11-8-12-13-4-5-18(23)19(13,2)7-6-14(12)20(3)10-17(22)16(21)9-15(11)20/h12-15,17,22H,1,4-10H2,2-3H3/t12-,13-,14-,15?,17?,19-,20+/m0/s1. The zero-order valence-electron chi connectivity index (χ0n) is 14.3. The molecule has 0 aromatic carbocycles. The Morgan fingerprint density at radius 2 is 1.87 bits per heavy atom. The van der Waals surface area contributed by atoms with Crippen LogP contribution < -0.4 is 0 Å². The van der Waals surface area contributed by atoms with Gasteiger partial charge < -0.3 is 5.11 Å². The van der Waals surface area contributed by atoms with E-state index >= 15 is 0 Å². The second-order valence-electron chi connectivity index (χ2n) is 9.11. The van der Waals surface area contributed by atoms with Gasteiger partial charge >= 0.3 is 0 Å². The summed E-state index contributed by atoms with van der Waals surface area (Å²) in [6.45, 7) is 8.78. The van der Waals surface area contributed by atoms with Crippen LogP contribution in [0.5, 0.6) is 0 Å². The van der Waals surface area contributed by atoms with Gasteiger partial charge in [0, 0.05) is 18.3 Å². The van der Waals surface area contributed by atoms with Crippen molar-refractivity contribution in [2.24, 2.45) is 34.5 Å². The first-order valence-corrected chi connectivity index (χ1v) is 9.19. The zero-order chi connectivity index (χ0) is 16.6. The van der Waals surface area contributed by atoms with Crippen molar-refractivity contribution in [2.45, 2.75) is 64.9 Å². The van der Waals surface area contributed by atoms with Gasteiger partial charge in [-0.05, 0) is 61.2 Å². The lowest BCUT2D eigenvalue weighted by Gasteiger charge is -2.60. The fourth-order valence-corrected chi connectivity index (χ4v) is 6.87. The Kier molecular flexibility index (Phi) is 3.23. The van der Waals surface area contributed by atoms with Gasteiger partial charge in [0.05, 0.1) is 0 Å². The van der Waals surface area contributed by atoms with E-state index in [1.807, 2.05) is 0 Å². The summed E-state index contributed by atoms with van der Waals surface area (Å²) >= 11 is 0. The van der Waals surface area contributed by atoms with Gasteiger partial charge in [0.1, 0.15) is 11.9 Å². The van der Waals surface area contributed by atoms with Crippen molar-refractivity contribution < 1.29 is 14.7 Å². The van der Waals surface area contributed by atoms with Crippen LogP contribution in [-0.4, -0.2) is 22.8 Å². The lowest BCUT2D eigenvalue weighted by molar-refractivity contribution is -0.149. The van der Waals surface area contributed by atoms with Gasteiger partial charge in [-0.1, -0.05) is 26.0 Å². The molecule has 0 spiro atoms. The molecule has 4 saturated carbocycles. The number of fused-ring (bicyclic) bond motifs is 5. The highest BCUT2D eigenvalue weighted by Crippen LogP contribution is 2.66. The van der Waals surface area contributed by atoms with Gasteiger partial charge in [-0.3, -0.25) is 9.59 Å². The molecule has 1 N–H and O–H groups in total. The van der Waals surface area contributed by atoms with Crippen LogP contribution in [0.15, 0.2) is 12.2 Å². The second kappa shape index (κ2) is 4.78. The summed E-state index contributed by atoms with van der Waals surface area (Å²) in [5, 5.41) is 10.2. The molecule has 0 heterocycles. The van der Waals surface area contributed by atoms with E-state index in [0.717, 1.165) is 32.1 Å². The quantitative estimate of drug-likeness (QED) is 0.698. The van der Waals surface area contributed by atoms with Crippen molar-refractivity contribution in [3.05, 3.63) is 12.2 Å². The maximum absolute atomic E-state index is 12.4. The molecule has 4 aliphatic rings. The highest BCUT2D eigenvalue weighted by molar-refractivity contribution is 5.87. The Morgan fingerprint density at radius 1 is 1.13 bits per heavy atom. The Balaban J connectivity index is 1.72. The van der Waals surface area contributed by atoms with Crippen molar-refractivity contribution in [1.29, 1.82) is 0 Å². The van der Waals surface area contributed by atoms with E-state index in [9.17, 15) is 14.7 Å². The summed E-state index contributed by atoms with van der Waals surface area (Å²) in [4.78, 5) is 24.5. The van der Waals surface area contributed by atoms with Gasteiger partial charge in [0.25, 0.3) is 0 Å². The fourth-order valence-electron chi connectivity index (χ4n) is 6.87. The monoisotopic (exact) mass is 316 g/mol. The van der Waals surface area contributed by atoms with E-state index in [1.54, 1.807) is 0 Å². The molecule has 0 aromatic rings. The van der Waals surface area contributed by atoms with E-state index in [1.165, 1.54) is 5.57 Å². The summed E-state index contributed by atoms with van der Waals surface area (Å²) < 4.78 is 0. The first kappa shape index (κ1) is 15.6. The molecule has 126 valence electrons. The minimum Gasteiger partial charge on any atom is -0.385 e. The lowest BCUT2D eigenvalue weighted by atomic mass is 9.44. The van der Waals surface area contributed by atoms with Crippen LogP contribution in [-0.2, 0) is 9.59 Å². The smallest absolute Gasteiger partial charge is 0.161 e. The molecule has 3 nitrogen and oxygen atoms in total. The van der Waals surface area contributed by atoms with Crippen molar-refractivity contribution in [2.75, 3.05) is 0 Å². The molecular weight excluding hydrogens is 288 g/mol. The Morgan fingerprint density at radius 3 is 2.61 bits per heavy atom. The van der Waals surface area contributed by atoms with E-state index < -0.39 is 6.10 Å². The van der Waals surface area contributed by atoms with Crippen molar-refractivity contribution >= 4 is 11.6 Å². The van der Waals surface area contributed by atoms with Crippen molar-refractivity contribution in [3.8, 4) is 0 Å². The van der Waals surface area contributed by atoms with Crippen molar-refractivity contribution in [3.63, 3.8) is 0 Å². The summed E-state index contributed by atoms with van der Waals surface area (Å²) in [6.07, 6.45) is 5.00. The molecule has 4 fully saturated rings. The minimum absolute atomic E-state index is 0.0104. The van der Waals surface area contributed by atoms with Crippen molar-refractivity contribution in [1.82, 2.24) is 0 Å². The number of carbonyl (C=O) groups is 2. The first-order chi connectivity index (χ1) is 10.8. The lowest BCUT2D eigenvalue weighted by Crippen LogP contribution is -2.56. The molecule has 0 bridgehead atoms. The van der Waals surface area contributed by atoms with Crippen LogP contribution in [0.2, 0.25) is 0 Å². The molecule has 0 radical (unpaired) electrons. The van der Waals surface area contributed by atoms with E-state index in [4.69, 9.17) is 0 Å². The molecule has 0 aliphatic heterocycles. The highest BCUT2D eigenvalue weighted by Gasteiger charge is 2.61. The average Bonchev–Trinajstić information content (AvgIpc) is 2.78. The predicted molar refractivity (Wildman–Crippen MR) is 87.7 cm³/mol. The van der Waals surface area contributed by atoms with Gasteiger partial charge in [-0.2, -0.15) is 0 Å². The summed E-state index contributed by atoms with van der Waals surface area (Å²) in [6, 6.07) is 0. The molecule has 3 heteroatoms. The van der Waals surface area contributed by atoms with E-state index in [2.05, 4.69) is 20.4 Å². The molecule has 0 saturated heterocycles. The number of aliphatic hydroxyl groups is 1. The maximum Gasteiger partial charge on any atom is 0.161 e. The van der Waals surface area contributed by atoms with E-state index in [0.29, 0.717) is 36.4 Å². The van der Waals surface area contributed by atoms with Crippen LogP contribution >= 0.6 is 0 Å². The molecule has 0 amide bonds. The van der Waals surface area contributed by atoms with Crippen LogP contribution in [0.25, 0.3) is 0 Å². The van der Waals surface area contributed by atoms with Gasteiger partial charge in [-0.25, -0.2) is 0 Å². The normalized spacial score (nSPS) is 52.8. The van der Waals surface area contributed by atoms with E-state index in [-0.39, 0.29) is 22.5 Å². The molecule has 2 unspecified atom stereocenters. The third-order valence-electron chi connectivity index (χ3n) is 8.19. The third kappa shape index (κ3) is 1.92. The third-order valence-corrected chi connectivity index (χ3v) is 8.19. The average molecular weight is 316 g/mol. The number of allylic oxidation sites excluding steroid dienone is 1. The number of rotatable bonds is 0. The molecule has 7 atom stereocenters. The van der Waals surface area contributed by atoms with Crippen LogP contribution in [0.1, 0.15) is 58.8 Å². The number of hydrogen-bond acceptors (Lipinski definition) is 3. The van der Waals surface area contributed by atoms with Crippen LogP contribution in [0, 0.1) is 34.5 Å². The fraction of sp³-hybridized carbons (Fsp3) is 0.800. The topological polar surface area (TPSA) is 54.4 Å². The SMILES string of the molecule is C=C1C[C@@H]2[C@H](CC[C@]3(C)C(=O)CC[C@@H]23)[C@@]2(C)CC(O)C(=O)CC12. The minimum atomic E-state index is -0.804. The molecule has 4 aliphatic carbocycles. The van der Waals surface area contributed by atoms with Gasteiger partial charge in [-0.15, -0.1) is 0 Å². The number of carbonyl (C=O) groups excluding carboxylic acids is 2. The Bertz CT molecular complexity index is 594. The predicted octanol–water partition coefficient (Wildman–Crippen LogP) is 3.30. The number of Topliss-reactive ketones (excluding diaryl/α,β-unsaturated/α-hetero) is 2. The van der Waals surface area contributed by atoms with Crippen LogP contribution in [0.3, 0.4) is 0 Å². The largest absolute Gasteiger partial charge is 0.385 e.